The molecule has 0 aromatic heterocycles. The number of benzene rings is 2. The third kappa shape index (κ3) is 5.30. The highest BCUT2D eigenvalue weighted by atomic mass is 19.4. The van der Waals surface area contributed by atoms with Gasteiger partial charge >= 0.3 is 6.18 Å². The van der Waals surface area contributed by atoms with Crippen molar-refractivity contribution in [2.24, 2.45) is 5.92 Å². The maximum absolute atomic E-state index is 13.2. The van der Waals surface area contributed by atoms with E-state index in [9.17, 15) is 22.7 Å². The fraction of sp³-hybridized carbons (Fsp3) is 0.478. The fourth-order valence-corrected chi connectivity index (χ4v) is 4.45. The van der Waals surface area contributed by atoms with Crippen molar-refractivity contribution in [3.05, 3.63) is 59.2 Å². The van der Waals surface area contributed by atoms with Crippen molar-refractivity contribution in [2.75, 3.05) is 46.0 Å². The van der Waals surface area contributed by atoms with E-state index in [1.54, 1.807) is 36.4 Å². The van der Waals surface area contributed by atoms with Crippen molar-refractivity contribution in [1.82, 2.24) is 9.80 Å². The van der Waals surface area contributed by atoms with Crippen LogP contribution >= 0.6 is 0 Å². The van der Waals surface area contributed by atoms with E-state index in [2.05, 4.69) is 4.90 Å². The van der Waals surface area contributed by atoms with E-state index >= 15 is 0 Å². The minimum atomic E-state index is -4.30. The molecule has 31 heavy (non-hydrogen) atoms. The smallest absolute Gasteiger partial charge is 0.401 e. The lowest BCUT2D eigenvalue weighted by Gasteiger charge is -2.38. The lowest BCUT2D eigenvalue weighted by atomic mass is 9.88. The second kappa shape index (κ2) is 9.04. The van der Waals surface area contributed by atoms with Crippen molar-refractivity contribution < 1.29 is 27.4 Å². The summed E-state index contributed by atoms with van der Waals surface area (Å²) in [5.74, 6) is 0.903. The number of likely N-dealkylation sites (tertiary alicyclic amines) is 1. The first-order valence-electron chi connectivity index (χ1n) is 10.5. The van der Waals surface area contributed by atoms with E-state index in [0.717, 1.165) is 36.3 Å². The monoisotopic (exact) mass is 438 g/mol. The van der Waals surface area contributed by atoms with Gasteiger partial charge in [-0.05, 0) is 47.4 Å². The number of nitrogens with zero attached hydrogens (tertiary/aromatic N) is 2. The van der Waals surface area contributed by atoms with Crippen LogP contribution in [0.1, 0.15) is 22.7 Å². The Morgan fingerprint density at radius 3 is 2.48 bits per heavy atom. The topological polar surface area (TPSA) is 35.9 Å². The normalized spacial score (nSPS) is 20.3. The molecule has 0 amide bonds. The van der Waals surface area contributed by atoms with Gasteiger partial charge in [0.25, 0.3) is 0 Å². The Morgan fingerprint density at radius 1 is 1.06 bits per heavy atom. The summed E-state index contributed by atoms with van der Waals surface area (Å²) in [5, 5.41) is 9.77. The Bertz CT molecular complexity index is 882. The van der Waals surface area contributed by atoms with Crippen LogP contribution in [0.15, 0.2) is 42.5 Å². The van der Waals surface area contributed by atoms with Gasteiger partial charge in [0.1, 0.15) is 18.1 Å². The summed E-state index contributed by atoms with van der Waals surface area (Å²) in [6.07, 6.45) is -3.84. The molecular weight excluding hydrogens is 412 g/mol. The molecule has 2 aliphatic rings. The average Bonchev–Trinajstić information content (AvgIpc) is 2.69. The van der Waals surface area contributed by atoms with E-state index in [4.69, 9.17) is 4.74 Å². The number of rotatable bonds is 7. The van der Waals surface area contributed by atoms with Gasteiger partial charge in [0.2, 0.25) is 0 Å². The summed E-state index contributed by atoms with van der Waals surface area (Å²) in [6, 6.07) is 11.5. The highest BCUT2D eigenvalue weighted by molar-refractivity contribution is 5.44. The molecule has 1 N–H and O–H groups in total. The Hall–Kier alpha value is -2.32. The Kier molecular flexibility index (Phi) is 6.39. The van der Waals surface area contributed by atoms with Gasteiger partial charge in [-0.15, -0.1) is 0 Å². The van der Waals surface area contributed by atoms with Crippen LogP contribution in [-0.2, 0) is 6.42 Å². The van der Waals surface area contributed by atoms with Crippen LogP contribution in [0.5, 0.6) is 11.5 Å². The molecule has 0 spiro atoms. The van der Waals surface area contributed by atoms with Crippen LogP contribution in [-0.4, -0.2) is 67.1 Å². The van der Waals surface area contributed by atoms with Gasteiger partial charge in [0.05, 0.1) is 19.3 Å². The first-order valence-corrected chi connectivity index (χ1v) is 10.5. The largest absolute Gasteiger partial charge is 0.508 e. The molecule has 0 radical (unpaired) electrons. The van der Waals surface area contributed by atoms with Crippen molar-refractivity contribution in [3.63, 3.8) is 0 Å². The molecule has 8 heteroatoms. The number of fused-ring (bicyclic) bond motifs is 1. The van der Waals surface area contributed by atoms with E-state index in [1.165, 1.54) is 11.0 Å². The highest BCUT2D eigenvalue weighted by Crippen LogP contribution is 2.38. The number of hydrogen-bond acceptors (Lipinski definition) is 4. The van der Waals surface area contributed by atoms with Crippen LogP contribution in [0.25, 0.3) is 0 Å². The Labute approximate surface area is 179 Å². The number of alkyl halides is 4. The standard InChI is InChI=1S/C23H26F4N2O2/c24-12-16-13-28(14-16)9-10-31-20-4-1-17(2-5-20)22-21-6-3-19(30)11-18(21)7-8-29(22)15-23(25,26)27/h1-6,11,16,22,30H,7-10,12-15H2/t22-/m0/s1. The minimum Gasteiger partial charge on any atom is -0.508 e. The molecule has 0 unspecified atom stereocenters. The van der Waals surface area contributed by atoms with Crippen molar-refractivity contribution in [3.8, 4) is 11.5 Å². The third-order valence-electron chi connectivity index (χ3n) is 5.96. The molecule has 0 aliphatic carbocycles. The van der Waals surface area contributed by atoms with Crippen LogP contribution in [0.4, 0.5) is 17.6 Å². The lowest BCUT2D eigenvalue weighted by molar-refractivity contribution is -0.150. The molecule has 1 atom stereocenters. The number of hydrogen-bond donors (Lipinski definition) is 1. The molecule has 1 saturated heterocycles. The van der Waals surface area contributed by atoms with Crippen molar-refractivity contribution in [1.29, 1.82) is 0 Å². The maximum Gasteiger partial charge on any atom is 0.401 e. The number of halogens is 4. The molecule has 2 aliphatic heterocycles. The molecule has 4 rings (SSSR count). The zero-order valence-corrected chi connectivity index (χ0v) is 17.1. The van der Waals surface area contributed by atoms with Crippen molar-refractivity contribution in [2.45, 2.75) is 18.6 Å². The van der Waals surface area contributed by atoms with Gasteiger partial charge < -0.3 is 9.84 Å². The second-order valence-electron chi connectivity index (χ2n) is 8.32. The highest BCUT2D eigenvalue weighted by Gasteiger charge is 2.37. The van der Waals surface area contributed by atoms with Gasteiger partial charge in [-0.25, -0.2) is 0 Å². The predicted octanol–water partition coefficient (Wildman–Crippen LogP) is 4.18. The van der Waals surface area contributed by atoms with Crippen LogP contribution in [0.3, 0.4) is 0 Å². The molecule has 2 aromatic rings. The fourth-order valence-electron chi connectivity index (χ4n) is 4.45. The Balaban J connectivity index is 1.46. The maximum atomic E-state index is 13.2. The zero-order chi connectivity index (χ0) is 22.0. The van der Waals surface area contributed by atoms with Gasteiger partial charge in [-0.3, -0.25) is 14.2 Å². The van der Waals surface area contributed by atoms with E-state index < -0.39 is 18.8 Å². The molecule has 2 heterocycles. The van der Waals surface area contributed by atoms with Gasteiger partial charge in [0.15, 0.2) is 0 Å². The third-order valence-corrected chi connectivity index (χ3v) is 5.96. The van der Waals surface area contributed by atoms with Gasteiger partial charge in [0, 0.05) is 32.1 Å². The summed E-state index contributed by atoms with van der Waals surface area (Å²) < 4.78 is 57.8. The number of ether oxygens (including phenoxy) is 1. The number of phenols is 1. The summed E-state index contributed by atoms with van der Waals surface area (Å²) in [6.45, 7) is 1.69. The van der Waals surface area contributed by atoms with Gasteiger partial charge in [-0.2, -0.15) is 13.2 Å². The van der Waals surface area contributed by atoms with Crippen LogP contribution in [0.2, 0.25) is 0 Å². The van der Waals surface area contributed by atoms with E-state index in [0.29, 0.717) is 18.8 Å². The number of aromatic hydroxyl groups is 1. The predicted molar refractivity (Wildman–Crippen MR) is 109 cm³/mol. The number of phenolic OH excluding ortho intramolecular Hbond substituents is 1. The minimum absolute atomic E-state index is 0.116. The van der Waals surface area contributed by atoms with E-state index in [-0.39, 0.29) is 24.9 Å². The first-order chi connectivity index (χ1) is 14.8. The molecule has 4 nitrogen and oxygen atoms in total. The average molecular weight is 438 g/mol. The molecular formula is C23H26F4N2O2. The summed E-state index contributed by atoms with van der Waals surface area (Å²) >= 11 is 0. The molecule has 0 bridgehead atoms. The zero-order valence-electron chi connectivity index (χ0n) is 17.1. The van der Waals surface area contributed by atoms with E-state index in [1.807, 2.05) is 0 Å². The second-order valence-corrected chi connectivity index (χ2v) is 8.32. The van der Waals surface area contributed by atoms with Crippen LogP contribution in [0, 0.1) is 5.92 Å². The SMILES string of the molecule is Oc1ccc2c(c1)CCN(CC(F)(F)F)[C@H]2c1ccc(OCCN2CC(CF)C2)cc1. The molecule has 2 aromatic carbocycles. The van der Waals surface area contributed by atoms with Crippen LogP contribution < -0.4 is 4.74 Å². The quantitative estimate of drug-likeness (QED) is 0.658. The molecule has 0 saturated carbocycles. The summed E-state index contributed by atoms with van der Waals surface area (Å²) in [4.78, 5) is 3.56. The Morgan fingerprint density at radius 2 is 1.81 bits per heavy atom. The summed E-state index contributed by atoms with van der Waals surface area (Å²) in [7, 11) is 0. The summed E-state index contributed by atoms with van der Waals surface area (Å²) in [5.41, 5.74) is 2.39. The molecule has 1 fully saturated rings. The van der Waals surface area contributed by atoms with Crippen molar-refractivity contribution >= 4 is 0 Å². The lowest BCUT2D eigenvalue weighted by Crippen LogP contribution is -2.49. The first kappa shape index (κ1) is 21.9. The van der Waals surface area contributed by atoms with Gasteiger partial charge in [-0.1, -0.05) is 18.2 Å². The molecule has 168 valence electrons.